The maximum Gasteiger partial charge on any atom is 0.431 e. The fourth-order valence-corrected chi connectivity index (χ4v) is 2.24. The molecule has 0 bridgehead atoms. The lowest BCUT2D eigenvalue weighted by molar-refractivity contribution is -0.384. The quantitative estimate of drug-likeness (QED) is 0.656. The molecule has 1 aliphatic heterocycles. The largest absolute Gasteiger partial charge is 0.431 e. The van der Waals surface area contributed by atoms with Crippen molar-refractivity contribution in [2.24, 2.45) is 0 Å². The number of hydrogen-bond donors (Lipinski definition) is 2. The lowest BCUT2D eigenvalue weighted by Gasteiger charge is -2.29. The topological polar surface area (TPSA) is 101 Å². The molecular formula is C13H10F3N3O4. The van der Waals surface area contributed by atoms with Crippen molar-refractivity contribution >= 4 is 17.5 Å². The van der Waals surface area contributed by atoms with Gasteiger partial charge in [0.15, 0.2) is 5.78 Å². The number of urea groups is 1. The summed E-state index contributed by atoms with van der Waals surface area (Å²) in [6.45, 7) is 0.921. The summed E-state index contributed by atoms with van der Waals surface area (Å²) in [5.41, 5.74) is -2.55. The molecule has 1 aromatic rings. The van der Waals surface area contributed by atoms with Crippen molar-refractivity contribution in [1.29, 1.82) is 0 Å². The molecule has 0 aromatic heterocycles. The van der Waals surface area contributed by atoms with Crippen LogP contribution in [0.2, 0.25) is 0 Å². The molecule has 0 aliphatic carbocycles. The number of nitrogens with zero attached hydrogens (tertiary/aromatic N) is 1. The molecule has 2 amide bonds. The Hall–Kier alpha value is -2.91. The molecule has 0 unspecified atom stereocenters. The summed E-state index contributed by atoms with van der Waals surface area (Å²) in [6, 6.07) is 2.12. The van der Waals surface area contributed by atoms with Crippen molar-refractivity contribution in [3.05, 3.63) is 51.2 Å². The molecule has 0 spiro atoms. The Labute approximate surface area is 127 Å². The Morgan fingerprint density at radius 2 is 2.00 bits per heavy atom. The number of carbonyl (C=O) groups excluding carboxylic acids is 2. The van der Waals surface area contributed by atoms with Gasteiger partial charge in [0, 0.05) is 12.1 Å². The predicted molar refractivity (Wildman–Crippen MR) is 71.3 cm³/mol. The highest BCUT2D eigenvalue weighted by Crippen LogP contribution is 2.35. The lowest BCUT2D eigenvalue weighted by Crippen LogP contribution is -2.48. The van der Waals surface area contributed by atoms with Crippen LogP contribution in [-0.2, 0) is 4.79 Å². The van der Waals surface area contributed by atoms with Crippen LogP contribution >= 0.6 is 0 Å². The molecule has 2 rings (SSSR count). The molecule has 10 heteroatoms. The second-order valence-corrected chi connectivity index (χ2v) is 4.73. The SMILES string of the molecule is CC(=O)C1=C(C(F)(F)F)NC(=O)N[C@H]1c1cccc([N+](=O)[O-])c1. The molecule has 0 saturated heterocycles. The van der Waals surface area contributed by atoms with Crippen LogP contribution in [0.4, 0.5) is 23.7 Å². The number of carbonyl (C=O) groups is 2. The summed E-state index contributed by atoms with van der Waals surface area (Å²) in [7, 11) is 0. The minimum Gasteiger partial charge on any atom is -0.327 e. The van der Waals surface area contributed by atoms with Crippen molar-refractivity contribution in [1.82, 2.24) is 10.6 Å². The smallest absolute Gasteiger partial charge is 0.327 e. The number of amides is 2. The van der Waals surface area contributed by atoms with Gasteiger partial charge in [-0.15, -0.1) is 0 Å². The van der Waals surface area contributed by atoms with Gasteiger partial charge in [-0.1, -0.05) is 12.1 Å². The highest BCUT2D eigenvalue weighted by atomic mass is 19.4. The van der Waals surface area contributed by atoms with E-state index in [0.717, 1.165) is 19.1 Å². The van der Waals surface area contributed by atoms with Crippen molar-refractivity contribution < 1.29 is 27.7 Å². The Morgan fingerprint density at radius 1 is 1.35 bits per heavy atom. The van der Waals surface area contributed by atoms with E-state index in [1.165, 1.54) is 12.1 Å². The molecule has 7 nitrogen and oxygen atoms in total. The third kappa shape index (κ3) is 3.30. The molecule has 2 N–H and O–H groups in total. The van der Waals surface area contributed by atoms with E-state index >= 15 is 0 Å². The van der Waals surface area contributed by atoms with Crippen molar-refractivity contribution in [2.45, 2.75) is 19.1 Å². The maximum atomic E-state index is 13.1. The van der Waals surface area contributed by atoms with Gasteiger partial charge in [-0.05, 0) is 12.5 Å². The average molecular weight is 329 g/mol. The van der Waals surface area contributed by atoms with E-state index in [0.29, 0.717) is 0 Å². The van der Waals surface area contributed by atoms with Crippen LogP contribution in [-0.4, -0.2) is 22.9 Å². The summed E-state index contributed by atoms with van der Waals surface area (Å²) in [4.78, 5) is 33.2. The first-order valence-corrected chi connectivity index (χ1v) is 6.25. The van der Waals surface area contributed by atoms with Gasteiger partial charge < -0.3 is 10.6 Å². The van der Waals surface area contributed by atoms with Crippen LogP contribution in [0, 0.1) is 10.1 Å². The van der Waals surface area contributed by atoms with Crippen LogP contribution < -0.4 is 10.6 Å². The van der Waals surface area contributed by atoms with Gasteiger partial charge in [0.1, 0.15) is 5.70 Å². The van der Waals surface area contributed by atoms with Crippen LogP contribution in [0.3, 0.4) is 0 Å². The Bertz CT molecular complexity index is 727. The number of nitro groups is 1. The minimum atomic E-state index is -4.95. The van der Waals surface area contributed by atoms with Crippen LogP contribution in [0.15, 0.2) is 35.5 Å². The highest BCUT2D eigenvalue weighted by molar-refractivity contribution is 5.98. The van der Waals surface area contributed by atoms with Crippen LogP contribution in [0.1, 0.15) is 18.5 Å². The molecule has 23 heavy (non-hydrogen) atoms. The first-order chi connectivity index (χ1) is 10.6. The number of Topliss-reactive ketones (excluding diaryl/α,β-unsaturated/α-hetero) is 1. The number of nitro benzene ring substituents is 1. The van der Waals surface area contributed by atoms with E-state index in [1.807, 2.05) is 0 Å². The molecule has 122 valence electrons. The Morgan fingerprint density at radius 3 is 2.52 bits per heavy atom. The zero-order chi connectivity index (χ0) is 17.4. The molecule has 1 heterocycles. The number of nitrogens with one attached hydrogen (secondary N) is 2. The van der Waals surface area contributed by atoms with Crippen LogP contribution in [0.25, 0.3) is 0 Å². The molecule has 1 aliphatic rings. The summed E-state index contributed by atoms with van der Waals surface area (Å²) in [5.74, 6) is -0.915. The standard InChI is InChI=1S/C13H10F3N3O4/c1-6(20)9-10(7-3-2-4-8(5-7)19(22)23)17-12(21)18-11(9)13(14,15)16/h2-5,10H,1H3,(H2,17,18,21)/t10-/m0/s1. The van der Waals surface area contributed by atoms with Gasteiger partial charge in [0.2, 0.25) is 0 Å². The summed E-state index contributed by atoms with van der Waals surface area (Å²) in [6.07, 6.45) is -4.95. The number of halogens is 3. The Balaban J connectivity index is 2.63. The molecule has 1 atom stereocenters. The first-order valence-electron chi connectivity index (χ1n) is 6.25. The lowest BCUT2D eigenvalue weighted by atomic mass is 9.92. The number of non-ortho nitro benzene ring substituents is 1. The summed E-state index contributed by atoms with van der Waals surface area (Å²) >= 11 is 0. The van der Waals surface area contributed by atoms with Gasteiger partial charge in [0.05, 0.1) is 16.5 Å². The Kier molecular flexibility index (Phi) is 4.08. The van der Waals surface area contributed by atoms with Crippen LogP contribution in [0.5, 0.6) is 0 Å². The van der Waals surface area contributed by atoms with Gasteiger partial charge in [-0.3, -0.25) is 14.9 Å². The van der Waals surface area contributed by atoms with E-state index in [9.17, 15) is 32.9 Å². The molecule has 0 radical (unpaired) electrons. The van der Waals surface area contributed by atoms with Crippen molar-refractivity contribution in [3.8, 4) is 0 Å². The summed E-state index contributed by atoms with van der Waals surface area (Å²) in [5, 5.41) is 14.5. The average Bonchev–Trinajstić information content (AvgIpc) is 2.45. The molecular weight excluding hydrogens is 319 g/mol. The number of alkyl halides is 3. The number of ketones is 1. The van der Waals surface area contributed by atoms with E-state index in [1.54, 1.807) is 5.32 Å². The highest BCUT2D eigenvalue weighted by Gasteiger charge is 2.44. The maximum absolute atomic E-state index is 13.1. The molecule has 1 aromatic carbocycles. The predicted octanol–water partition coefficient (Wildman–Crippen LogP) is 2.35. The first kappa shape index (κ1) is 16.5. The molecule has 0 fully saturated rings. The minimum absolute atomic E-state index is 0.000926. The number of rotatable bonds is 3. The molecule has 0 saturated carbocycles. The fourth-order valence-electron chi connectivity index (χ4n) is 2.24. The van der Waals surface area contributed by atoms with E-state index in [4.69, 9.17) is 0 Å². The summed E-state index contributed by atoms with van der Waals surface area (Å²) < 4.78 is 39.2. The number of benzene rings is 1. The van der Waals surface area contributed by atoms with Crippen molar-refractivity contribution in [3.63, 3.8) is 0 Å². The van der Waals surface area contributed by atoms with Gasteiger partial charge in [-0.2, -0.15) is 13.2 Å². The normalized spacial score (nSPS) is 18.3. The van der Waals surface area contributed by atoms with Gasteiger partial charge in [0.25, 0.3) is 5.69 Å². The fraction of sp³-hybridized carbons (Fsp3) is 0.231. The third-order valence-corrected chi connectivity index (χ3v) is 3.15. The van der Waals surface area contributed by atoms with E-state index < -0.39 is 40.2 Å². The monoisotopic (exact) mass is 329 g/mol. The van der Waals surface area contributed by atoms with E-state index in [-0.39, 0.29) is 11.3 Å². The number of allylic oxidation sites excluding steroid dienone is 1. The second-order valence-electron chi connectivity index (χ2n) is 4.73. The number of hydrogen-bond acceptors (Lipinski definition) is 4. The van der Waals surface area contributed by atoms with Crippen molar-refractivity contribution in [2.75, 3.05) is 0 Å². The van der Waals surface area contributed by atoms with Gasteiger partial charge in [-0.25, -0.2) is 4.79 Å². The zero-order valence-corrected chi connectivity index (χ0v) is 11.6. The zero-order valence-electron chi connectivity index (χ0n) is 11.6. The third-order valence-electron chi connectivity index (χ3n) is 3.15. The van der Waals surface area contributed by atoms with Gasteiger partial charge >= 0.3 is 12.2 Å². The van der Waals surface area contributed by atoms with E-state index in [2.05, 4.69) is 5.32 Å². The second kappa shape index (κ2) is 5.71.